The summed E-state index contributed by atoms with van der Waals surface area (Å²) >= 11 is 0. The normalized spacial score (nSPS) is 12.4. The molecular formula is C13H21N3O2. The Morgan fingerprint density at radius 3 is 2.61 bits per heavy atom. The maximum Gasteiger partial charge on any atom is 0.271 e. The molecule has 1 aromatic heterocycles. The third kappa shape index (κ3) is 5.12. The molecule has 0 aromatic carbocycles. The molecule has 100 valence electrons. The van der Waals surface area contributed by atoms with Gasteiger partial charge in [-0.1, -0.05) is 26.7 Å². The standard InChI is InChI=1S/C13H21N3O2/c1-9(2)5-4-6-10(3)14-13(18)11-7-8-12(17)16-15-11/h7-10H,4-6H2,1-3H3,(H,14,18)(H,16,17). The van der Waals surface area contributed by atoms with Crippen LogP contribution in [-0.2, 0) is 0 Å². The van der Waals surface area contributed by atoms with Crippen LogP contribution in [0.4, 0.5) is 0 Å². The first kappa shape index (κ1) is 14.4. The van der Waals surface area contributed by atoms with Crippen LogP contribution in [0.25, 0.3) is 0 Å². The van der Waals surface area contributed by atoms with Crippen molar-refractivity contribution >= 4 is 5.91 Å². The van der Waals surface area contributed by atoms with E-state index >= 15 is 0 Å². The Hall–Kier alpha value is -1.65. The fourth-order valence-corrected chi connectivity index (χ4v) is 1.67. The zero-order chi connectivity index (χ0) is 13.5. The first-order valence-corrected chi connectivity index (χ1v) is 6.35. The number of hydrogen-bond donors (Lipinski definition) is 2. The molecule has 0 saturated carbocycles. The molecular weight excluding hydrogens is 230 g/mol. The largest absolute Gasteiger partial charge is 0.348 e. The highest BCUT2D eigenvalue weighted by Gasteiger charge is 2.11. The van der Waals surface area contributed by atoms with Gasteiger partial charge in [0.2, 0.25) is 0 Å². The van der Waals surface area contributed by atoms with Crippen LogP contribution in [0.1, 0.15) is 50.5 Å². The first-order chi connectivity index (χ1) is 8.49. The van der Waals surface area contributed by atoms with Gasteiger partial charge in [-0.05, 0) is 25.3 Å². The number of nitrogens with zero attached hydrogens (tertiary/aromatic N) is 1. The van der Waals surface area contributed by atoms with Crippen LogP contribution in [0.3, 0.4) is 0 Å². The van der Waals surface area contributed by atoms with Gasteiger partial charge in [-0.3, -0.25) is 9.59 Å². The van der Waals surface area contributed by atoms with Crippen molar-refractivity contribution < 1.29 is 4.79 Å². The highest BCUT2D eigenvalue weighted by molar-refractivity contribution is 5.92. The summed E-state index contributed by atoms with van der Waals surface area (Å²) in [4.78, 5) is 22.6. The Labute approximate surface area is 107 Å². The highest BCUT2D eigenvalue weighted by atomic mass is 16.2. The number of carbonyl (C=O) groups excluding carboxylic acids is 1. The van der Waals surface area contributed by atoms with E-state index in [1.165, 1.54) is 12.1 Å². The number of H-pyrrole nitrogens is 1. The number of aromatic amines is 1. The van der Waals surface area contributed by atoms with E-state index < -0.39 is 0 Å². The lowest BCUT2D eigenvalue weighted by Crippen LogP contribution is -2.33. The predicted molar refractivity (Wildman–Crippen MR) is 70.5 cm³/mol. The number of amides is 1. The highest BCUT2D eigenvalue weighted by Crippen LogP contribution is 2.08. The third-order valence-electron chi connectivity index (χ3n) is 2.71. The molecule has 0 aliphatic carbocycles. The molecule has 0 spiro atoms. The molecule has 1 aromatic rings. The summed E-state index contributed by atoms with van der Waals surface area (Å²) < 4.78 is 0. The van der Waals surface area contributed by atoms with E-state index in [0.717, 1.165) is 19.3 Å². The molecule has 1 unspecified atom stereocenters. The van der Waals surface area contributed by atoms with Crippen LogP contribution >= 0.6 is 0 Å². The number of nitrogens with one attached hydrogen (secondary N) is 2. The molecule has 0 bridgehead atoms. The molecule has 1 rings (SSSR count). The average molecular weight is 251 g/mol. The summed E-state index contributed by atoms with van der Waals surface area (Å²) in [6, 6.07) is 2.84. The molecule has 0 radical (unpaired) electrons. The van der Waals surface area contributed by atoms with E-state index in [1.54, 1.807) is 0 Å². The monoisotopic (exact) mass is 251 g/mol. The molecule has 0 fully saturated rings. The average Bonchev–Trinajstić information content (AvgIpc) is 2.29. The lowest BCUT2D eigenvalue weighted by atomic mass is 10.0. The summed E-state index contributed by atoms with van der Waals surface area (Å²) in [5.74, 6) is 0.442. The van der Waals surface area contributed by atoms with Crippen molar-refractivity contribution in [3.05, 3.63) is 28.2 Å². The van der Waals surface area contributed by atoms with Crippen LogP contribution in [0.15, 0.2) is 16.9 Å². The first-order valence-electron chi connectivity index (χ1n) is 6.35. The molecule has 18 heavy (non-hydrogen) atoms. The Morgan fingerprint density at radius 2 is 2.06 bits per heavy atom. The molecule has 1 amide bonds. The van der Waals surface area contributed by atoms with Crippen molar-refractivity contribution in [2.45, 2.75) is 46.1 Å². The van der Waals surface area contributed by atoms with Crippen molar-refractivity contribution in [3.63, 3.8) is 0 Å². The summed E-state index contributed by atoms with van der Waals surface area (Å²) in [6.45, 7) is 6.35. The predicted octanol–water partition coefficient (Wildman–Crippen LogP) is 1.71. The van der Waals surface area contributed by atoms with Gasteiger partial charge in [0, 0.05) is 12.1 Å². The minimum atomic E-state index is -0.309. The second-order valence-electron chi connectivity index (χ2n) is 5.01. The minimum Gasteiger partial charge on any atom is -0.348 e. The van der Waals surface area contributed by atoms with E-state index in [1.807, 2.05) is 6.92 Å². The number of aromatic nitrogens is 2. The Morgan fingerprint density at radius 1 is 1.33 bits per heavy atom. The van der Waals surface area contributed by atoms with Crippen LogP contribution < -0.4 is 10.9 Å². The van der Waals surface area contributed by atoms with Crippen molar-refractivity contribution in [1.29, 1.82) is 0 Å². The van der Waals surface area contributed by atoms with E-state index in [4.69, 9.17) is 0 Å². The molecule has 0 aliphatic rings. The van der Waals surface area contributed by atoms with Gasteiger partial charge in [0.1, 0.15) is 5.69 Å². The van der Waals surface area contributed by atoms with Crippen molar-refractivity contribution in [1.82, 2.24) is 15.5 Å². The fourth-order valence-electron chi connectivity index (χ4n) is 1.67. The molecule has 0 saturated heterocycles. The quantitative estimate of drug-likeness (QED) is 0.808. The molecule has 5 heteroatoms. The second kappa shape index (κ2) is 6.93. The molecule has 1 heterocycles. The van der Waals surface area contributed by atoms with Crippen LogP contribution in [0.5, 0.6) is 0 Å². The van der Waals surface area contributed by atoms with E-state index in [2.05, 4.69) is 29.4 Å². The van der Waals surface area contributed by atoms with Gasteiger partial charge >= 0.3 is 0 Å². The summed E-state index contributed by atoms with van der Waals surface area (Å²) in [5.41, 5.74) is -0.0677. The third-order valence-corrected chi connectivity index (χ3v) is 2.71. The van der Waals surface area contributed by atoms with Gasteiger partial charge in [-0.2, -0.15) is 5.10 Å². The van der Waals surface area contributed by atoms with Gasteiger partial charge in [0.05, 0.1) is 0 Å². The topological polar surface area (TPSA) is 74.8 Å². The van der Waals surface area contributed by atoms with E-state index in [9.17, 15) is 9.59 Å². The zero-order valence-electron chi connectivity index (χ0n) is 11.2. The lowest BCUT2D eigenvalue weighted by Gasteiger charge is -2.13. The van der Waals surface area contributed by atoms with Gasteiger partial charge in [-0.25, -0.2) is 5.10 Å². The Bertz CT molecular complexity index is 420. The summed E-state index contributed by atoms with van der Waals surface area (Å²) in [7, 11) is 0. The smallest absolute Gasteiger partial charge is 0.271 e. The molecule has 2 N–H and O–H groups in total. The van der Waals surface area contributed by atoms with Crippen molar-refractivity contribution in [2.75, 3.05) is 0 Å². The summed E-state index contributed by atoms with van der Waals surface area (Å²) in [6.07, 6.45) is 3.21. The second-order valence-corrected chi connectivity index (χ2v) is 5.01. The number of rotatable bonds is 6. The van der Waals surface area contributed by atoms with Crippen LogP contribution in [-0.4, -0.2) is 22.1 Å². The Kier molecular flexibility index (Phi) is 5.55. The molecule has 5 nitrogen and oxygen atoms in total. The van der Waals surface area contributed by atoms with Gasteiger partial charge < -0.3 is 5.32 Å². The fraction of sp³-hybridized carbons (Fsp3) is 0.615. The minimum absolute atomic E-state index is 0.116. The van der Waals surface area contributed by atoms with E-state index in [-0.39, 0.29) is 23.2 Å². The van der Waals surface area contributed by atoms with Crippen LogP contribution in [0, 0.1) is 5.92 Å². The molecule has 1 atom stereocenters. The lowest BCUT2D eigenvalue weighted by molar-refractivity contribution is 0.0931. The number of carbonyl (C=O) groups is 1. The maximum absolute atomic E-state index is 11.8. The Balaban J connectivity index is 2.39. The van der Waals surface area contributed by atoms with Crippen LogP contribution in [0.2, 0.25) is 0 Å². The van der Waals surface area contributed by atoms with Gasteiger partial charge in [-0.15, -0.1) is 0 Å². The van der Waals surface area contributed by atoms with Gasteiger partial charge in [0.15, 0.2) is 0 Å². The zero-order valence-corrected chi connectivity index (χ0v) is 11.2. The van der Waals surface area contributed by atoms with Gasteiger partial charge in [0.25, 0.3) is 11.5 Å². The van der Waals surface area contributed by atoms with Crippen molar-refractivity contribution in [2.24, 2.45) is 5.92 Å². The summed E-state index contributed by atoms with van der Waals surface area (Å²) in [5, 5.41) is 8.80. The van der Waals surface area contributed by atoms with E-state index in [0.29, 0.717) is 5.92 Å². The number of hydrogen-bond acceptors (Lipinski definition) is 3. The SMILES string of the molecule is CC(C)CCCC(C)NC(=O)c1ccc(=O)[nH]n1. The maximum atomic E-state index is 11.8. The van der Waals surface area contributed by atoms with Crippen molar-refractivity contribution in [3.8, 4) is 0 Å². The molecule has 0 aliphatic heterocycles.